The van der Waals surface area contributed by atoms with Crippen molar-refractivity contribution in [3.05, 3.63) is 23.8 Å². The number of nitrogens with one attached hydrogen (secondary N) is 2. The number of ether oxygens (including phenoxy) is 2. The molecule has 1 amide bonds. The Morgan fingerprint density at radius 2 is 2.15 bits per heavy atom. The van der Waals surface area contributed by atoms with Gasteiger partial charge in [0.1, 0.15) is 0 Å². The van der Waals surface area contributed by atoms with Gasteiger partial charge in [0.05, 0.1) is 13.7 Å². The van der Waals surface area contributed by atoms with E-state index in [4.69, 9.17) is 9.47 Å². The molecule has 0 aromatic heterocycles. The Labute approximate surface area is 163 Å². The van der Waals surface area contributed by atoms with Crippen molar-refractivity contribution in [1.29, 1.82) is 0 Å². The van der Waals surface area contributed by atoms with Gasteiger partial charge in [0.2, 0.25) is 0 Å². The number of hydrogen-bond donors (Lipinski definition) is 2. The van der Waals surface area contributed by atoms with Gasteiger partial charge in [-0.25, -0.2) is 0 Å². The smallest absolute Gasteiger partial charge is 0.251 e. The zero-order chi connectivity index (χ0) is 18.1. The van der Waals surface area contributed by atoms with Gasteiger partial charge in [0, 0.05) is 12.1 Å². The molecule has 0 radical (unpaired) electrons. The number of piperidine rings is 1. The molecule has 1 saturated heterocycles. The van der Waals surface area contributed by atoms with Crippen molar-refractivity contribution in [3.63, 3.8) is 0 Å². The van der Waals surface area contributed by atoms with E-state index in [2.05, 4.69) is 24.5 Å². The molecule has 0 bridgehead atoms. The first kappa shape index (κ1) is 22.6. The van der Waals surface area contributed by atoms with Crippen LogP contribution in [0.5, 0.6) is 11.5 Å². The lowest BCUT2D eigenvalue weighted by Gasteiger charge is -2.22. The van der Waals surface area contributed by atoms with Gasteiger partial charge < -0.3 is 20.1 Å². The van der Waals surface area contributed by atoms with E-state index in [1.54, 1.807) is 19.2 Å². The summed E-state index contributed by atoms with van der Waals surface area (Å²) in [4.78, 5) is 12.3. The number of carbonyl (C=O) groups excluding carboxylic acids is 1. The molecule has 1 atom stereocenters. The van der Waals surface area contributed by atoms with Crippen molar-refractivity contribution >= 4 is 18.3 Å². The highest BCUT2D eigenvalue weighted by Crippen LogP contribution is 2.28. The fourth-order valence-electron chi connectivity index (χ4n) is 2.99. The zero-order valence-corrected chi connectivity index (χ0v) is 17.0. The van der Waals surface area contributed by atoms with E-state index in [-0.39, 0.29) is 18.3 Å². The van der Waals surface area contributed by atoms with E-state index < -0.39 is 0 Å². The molecule has 0 saturated carbocycles. The number of methoxy groups -OCH3 is 1. The minimum absolute atomic E-state index is 0. The molecule has 6 heteroatoms. The monoisotopic (exact) mass is 384 g/mol. The predicted octanol–water partition coefficient (Wildman–Crippen LogP) is 3.66. The van der Waals surface area contributed by atoms with Crippen LogP contribution >= 0.6 is 12.4 Å². The number of amides is 1. The molecule has 1 aromatic rings. The van der Waals surface area contributed by atoms with Crippen LogP contribution in [0.1, 0.15) is 49.9 Å². The molecule has 148 valence electrons. The number of halogens is 1. The SMILES string of the molecule is COc1cc(C(=O)NCCC2CCCNC2)ccc1OCCC(C)C.Cl. The van der Waals surface area contributed by atoms with Crippen LogP contribution in [0.15, 0.2) is 18.2 Å². The van der Waals surface area contributed by atoms with E-state index in [9.17, 15) is 4.79 Å². The molecule has 5 nitrogen and oxygen atoms in total. The quantitative estimate of drug-likeness (QED) is 0.682. The van der Waals surface area contributed by atoms with Crippen LogP contribution in [0, 0.1) is 11.8 Å². The summed E-state index contributed by atoms with van der Waals surface area (Å²) in [5.41, 5.74) is 0.606. The van der Waals surface area contributed by atoms with Crippen LogP contribution in [0.25, 0.3) is 0 Å². The first-order valence-electron chi connectivity index (χ1n) is 9.40. The van der Waals surface area contributed by atoms with Gasteiger partial charge in [0.25, 0.3) is 5.91 Å². The van der Waals surface area contributed by atoms with E-state index >= 15 is 0 Å². The summed E-state index contributed by atoms with van der Waals surface area (Å²) in [6.07, 6.45) is 4.49. The molecule has 26 heavy (non-hydrogen) atoms. The topological polar surface area (TPSA) is 59.6 Å². The van der Waals surface area contributed by atoms with Crippen LogP contribution in [0.3, 0.4) is 0 Å². The Kier molecular flexibility index (Phi) is 10.4. The highest BCUT2D eigenvalue weighted by molar-refractivity contribution is 5.94. The van der Waals surface area contributed by atoms with Gasteiger partial charge in [-0.1, -0.05) is 13.8 Å². The van der Waals surface area contributed by atoms with Crippen LogP contribution in [-0.2, 0) is 0 Å². The van der Waals surface area contributed by atoms with Gasteiger partial charge in [0.15, 0.2) is 11.5 Å². The van der Waals surface area contributed by atoms with Crippen molar-refractivity contribution in [2.24, 2.45) is 11.8 Å². The number of rotatable bonds is 9. The maximum Gasteiger partial charge on any atom is 0.251 e. The number of carbonyl (C=O) groups is 1. The summed E-state index contributed by atoms with van der Waals surface area (Å²) in [5, 5.41) is 6.42. The molecule has 1 unspecified atom stereocenters. The summed E-state index contributed by atoms with van der Waals surface area (Å²) in [7, 11) is 1.60. The fourth-order valence-corrected chi connectivity index (χ4v) is 2.99. The lowest BCUT2D eigenvalue weighted by atomic mass is 9.96. The van der Waals surface area contributed by atoms with E-state index in [1.165, 1.54) is 12.8 Å². The molecular weight excluding hydrogens is 352 g/mol. The zero-order valence-electron chi connectivity index (χ0n) is 16.2. The molecule has 1 aliphatic rings. The normalized spacial score (nSPS) is 16.7. The second-order valence-electron chi connectivity index (χ2n) is 7.15. The van der Waals surface area contributed by atoms with Crippen molar-refractivity contribution in [1.82, 2.24) is 10.6 Å². The molecule has 2 N–H and O–H groups in total. The first-order chi connectivity index (χ1) is 12.1. The van der Waals surface area contributed by atoms with Crippen LogP contribution in [0.2, 0.25) is 0 Å². The van der Waals surface area contributed by atoms with Gasteiger partial charge >= 0.3 is 0 Å². The molecule has 0 aliphatic carbocycles. The van der Waals surface area contributed by atoms with Crippen molar-refractivity contribution in [2.45, 2.75) is 39.5 Å². The highest BCUT2D eigenvalue weighted by Gasteiger charge is 2.14. The van der Waals surface area contributed by atoms with Crippen LogP contribution < -0.4 is 20.1 Å². The maximum atomic E-state index is 12.3. The third-order valence-electron chi connectivity index (χ3n) is 4.62. The third kappa shape index (κ3) is 7.42. The molecule has 2 rings (SSSR count). The van der Waals surface area contributed by atoms with Crippen molar-refractivity contribution in [3.8, 4) is 11.5 Å². The Balaban J connectivity index is 0.00000338. The molecule has 1 heterocycles. The number of benzene rings is 1. The van der Waals surface area contributed by atoms with Gasteiger partial charge in [-0.3, -0.25) is 4.79 Å². The second-order valence-corrected chi connectivity index (χ2v) is 7.15. The minimum Gasteiger partial charge on any atom is -0.493 e. The van der Waals surface area contributed by atoms with Crippen molar-refractivity contribution in [2.75, 3.05) is 33.4 Å². The van der Waals surface area contributed by atoms with E-state index in [0.29, 0.717) is 42.0 Å². The van der Waals surface area contributed by atoms with Crippen molar-refractivity contribution < 1.29 is 14.3 Å². The summed E-state index contributed by atoms with van der Waals surface area (Å²) in [5.74, 6) is 2.49. The Bertz CT molecular complexity index is 546. The lowest BCUT2D eigenvalue weighted by molar-refractivity contribution is 0.0950. The van der Waals surface area contributed by atoms with Crippen LogP contribution in [0.4, 0.5) is 0 Å². The van der Waals surface area contributed by atoms with Gasteiger partial charge in [-0.15, -0.1) is 12.4 Å². The summed E-state index contributed by atoms with van der Waals surface area (Å²) < 4.78 is 11.2. The summed E-state index contributed by atoms with van der Waals surface area (Å²) >= 11 is 0. The molecule has 1 aromatic carbocycles. The summed E-state index contributed by atoms with van der Waals surface area (Å²) in [6.45, 7) is 7.87. The van der Waals surface area contributed by atoms with E-state index in [1.807, 2.05) is 6.07 Å². The molecule has 1 aliphatic heterocycles. The molecule has 0 spiro atoms. The largest absolute Gasteiger partial charge is 0.493 e. The molecular formula is C20H33ClN2O3. The predicted molar refractivity (Wildman–Crippen MR) is 108 cm³/mol. The maximum absolute atomic E-state index is 12.3. The fraction of sp³-hybridized carbons (Fsp3) is 0.650. The Morgan fingerprint density at radius 3 is 2.81 bits per heavy atom. The molecule has 1 fully saturated rings. The highest BCUT2D eigenvalue weighted by atomic mass is 35.5. The van der Waals surface area contributed by atoms with Crippen LogP contribution in [-0.4, -0.2) is 39.3 Å². The summed E-state index contributed by atoms with van der Waals surface area (Å²) in [6, 6.07) is 5.37. The average Bonchev–Trinajstić information content (AvgIpc) is 2.62. The average molecular weight is 385 g/mol. The van der Waals surface area contributed by atoms with Gasteiger partial charge in [-0.2, -0.15) is 0 Å². The van der Waals surface area contributed by atoms with E-state index in [0.717, 1.165) is 25.9 Å². The minimum atomic E-state index is -0.0594. The Morgan fingerprint density at radius 1 is 1.35 bits per heavy atom. The Hall–Kier alpha value is -1.46. The second kappa shape index (κ2) is 12.0. The number of hydrogen-bond acceptors (Lipinski definition) is 4. The standard InChI is InChI=1S/C20H32N2O3.ClH/c1-15(2)9-12-25-18-7-6-17(13-19(18)24-3)20(23)22-11-8-16-5-4-10-21-14-16;/h6-7,13,15-16,21H,4-5,8-12,14H2,1-3H3,(H,22,23);1H. The van der Waals surface area contributed by atoms with Gasteiger partial charge in [-0.05, 0) is 68.8 Å². The third-order valence-corrected chi connectivity index (χ3v) is 4.62. The lowest BCUT2D eigenvalue weighted by Crippen LogP contribution is -2.33. The first-order valence-corrected chi connectivity index (χ1v) is 9.40.